The monoisotopic (exact) mass is 538 g/mol. The molecule has 0 saturated heterocycles. The Morgan fingerprint density at radius 3 is 1.52 bits per heavy atom. The van der Waals surface area contributed by atoms with Crippen LogP contribution in [0.5, 0.6) is 0 Å². The number of halogens is 1. The summed E-state index contributed by atoms with van der Waals surface area (Å²) in [6.07, 6.45) is 0. The summed E-state index contributed by atoms with van der Waals surface area (Å²) in [5, 5.41) is 4.21. The molecule has 0 aliphatic rings. The molecule has 31 heavy (non-hydrogen) atoms. The van der Waals surface area contributed by atoms with E-state index < -0.39 is 30.4 Å². The van der Waals surface area contributed by atoms with Gasteiger partial charge in [0.05, 0.1) is 0 Å². The molecule has 0 spiro atoms. The van der Waals surface area contributed by atoms with Gasteiger partial charge in [-0.05, 0) is 0 Å². The van der Waals surface area contributed by atoms with Crippen LogP contribution in [0.4, 0.5) is 0 Å². The Hall–Kier alpha value is -2.74. The SMILES string of the molecule is O=S(=O)(OI(c1cccc2ccccc12)c1cccc2ccccc12)c1ccccc1. The summed E-state index contributed by atoms with van der Waals surface area (Å²) in [6, 6.07) is 36.6. The van der Waals surface area contributed by atoms with Crippen LogP contribution in [0, 0.1) is 7.14 Å². The minimum atomic E-state index is -3.92. The molecular weight excluding hydrogens is 519 g/mol. The van der Waals surface area contributed by atoms with Crippen molar-refractivity contribution in [3.8, 4) is 0 Å². The topological polar surface area (TPSA) is 43.4 Å². The minimum absolute atomic E-state index is 0.178. The van der Waals surface area contributed by atoms with Crippen molar-refractivity contribution in [1.29, 1.82) is 0 Å². The third kappa shape index (κ3) is 3.96. The molecule has 0 saturated carbocycles. The number of benzene rings is 5. The molecule has 0 heterocycles. The molecule has 5 aromatic carbocycles. The van der Waals surface area contributed by atoms with Crippen LogP contribution in [0.15, 0.2) is 120 Å². The standard InChI is InChI=1S/C26H19IO3S/c28-31(29,22-14-2-1-3-15-22)30-27(25-18-8-12-20-10-4-6-16-23(20)25)26-19-9-13-21-11-5-7-17-24(21)26/h1-19H. The number of fused-ring (bicyclic) bond motifs is 2. The third-order valence-corrected chi connectivity index (χ3v) is 12.7. The molecule has 0 radical (unpaired) electrons. The molecule has 5 aromatic rings. The molecule has 5 rings (SSSR count). The summed E-state index contributed by atoms with van der Waals surface area (Å²) in [6.45, 7) is 0. The second-order valence-corrected chi connectivity index (χ2v) is 13.3. The van der Waals surface area contributed by atoms with Crippen molar-refractivity contribution in [3.63, 3.8) is 0 Å². The van der Waals surface area contributed by atoms with E-state index in [2.05, 4.69) is 0 Å². The first-order chi connectivity index (χ1) is 15.1. The Morgan fingerprint density at radius 1 is 0.516 bits per heavy atom. The molecule has 154 valence electrons. The maximum atomic E-state index is 13.3. The Kier molecular flexibility index (Phi) is 5.48. The van der Waals surface area contributed by atoms with Crippen molar-refractivity contribution in [2.75, 3.05) is 0 Å². The normalized spacial score (nSPS) is 12.2. The molecule has 0 N–H and O–H groups in total. The van der Waals surface area contributed by atoms with Gasteiger partial charge in [-0.15, -0.1) is 0 Å². The summed E-state index contributed by atoms with van der Waals surface area (Å²) in [4.78, 5) is 0.178. The van der Waals surface area contributed by atoms with Gasteiger partial charge in [0.2, 0.25) is 0 Å². The van der Waals surface area contributed by atoms with E-state index in [0.29, 0.717) is 0 Å². The van der Waals surface area contributed by atoms with E-state index in [-0.39, 0.29) is 4.90 Å². The molecule has 0 amide bonds. The molecule has 0 aliphatic carbocycles. The zero-order chi connectivity index (χ0) is 21.3. The van der Waals surface area contributed by atoms with Crippen LogP contribution in [0.3, 0.4) is 0 Å². The first-order valence-corrected chi connectivity index (χ1v) is 14.2. The van der Waals surface area contributed by atoms with Crippen molar-refractivity contribution in [2.24, 2.45) is 0 Å². The molecule has 0 bridgehead atoms. The fourth-order valence-corrected chi connectivity index (χ4v) is 11.4. The van der Waals surface area contributed by atoms with Gasteiger partial charge in [0.1, 0.15) is 0 Å². The Morgan fingerprint density at radius 2 is 0.968 bits per heavy atom. The number of hydrogen-bond acceptors (Lipinski definition) is 3. The molecule has 0 atom stereocenters. The van der Waals surface area contributed by atoms with Crippen molar-refractivity contribution in [2.45, 2.75) is 4.90 Å². The zero-order valence-corrected chi connectivity index (χ0v) is 19.5. The molecule has 0 fully saturated rings. The van der Waals surface area contributed by atoms with Crippen molar-refractivity contribution >= 4 is 51.9 Å². The van der Waals surface area contributed by atoms with Crippen LogP contribution >= 0.6 is 20.2 Å². The van der Waals surface area contributed by atoms with Gasteiger partial charge in [-0.1, -0.05) is 0 Å². The van der Waals surface area contributed by atoms with Gasteiger partial charge in [-0.3, -0.25) is 0 Å². The number of hydrogen-bond donors (Lipinski definition) is 0. The van der Waals surface area contributed by atoms with Crippen molar-refractivity contribution < 1.29 is 10.9 Å². The van der Waals surface area contributed by atoms with Crippen LogP contribution in [-0.4, -0.2) is 8.42 Å². The van der Waals surface area contributed by atoms with Gasteiger partial charge >= 0.3 is 190 Å². The first kappa shape index (κ1) is 20.2. The molecule has 0 aliphatic heterocycles. The van der Waals surface area contributed by atoms with Gasteiger partial charge in [0, 0.05) is 0 Å². The average molecular weight is 538 g/mol. The second kappa shape index (κ2) is 8.42. The second-order valence-electron chi connectivity index (χ2n) is 7.00. The average Bonchev–Trinajstić information content (AvgIpc) is 2.82. The first-order valence-electron chi connectivity index (χ1n) is 9.79. The van der Waals surface area contributed by atoms with Crippen molar-refractivity contribution in [3.05, 3.63) is 122 Å². The van der Waals surface area contributed by atoms with E-state index >= 15 is 0 Å². The molecule has 3 nitrogen and oxygen atoms in total. The van der Waals surface area contributed by atoms with E-state index in [1.165, 1.54) is 0 Å². The van der Waals surface area contributed by atoms with Crippen LogP contribution < -0.4 is 0 Å². The zero-order valence-electron chi connectivity index (χ0n) is 16.5. The van der Waals surface area contributed by atoms with Crippen LogP contribution in [0.2, 0.25) is 0 Å². The number of rotatable bonds is 5. The van der Waals surface area contributed by atoms with E-state index in [4.69, 9.17) is 2.51 Å². The van der Waals surface area contributed by atoms with Gasteiger partial charge in [-0.2, -0.15) is 0 Å². The van der Waals surface area contributed by atoms with Crippen LogP contribution in [-0.2, 0) is 12.6 Å². The fraction of sp³-hybridized carbons (Fsp3) is 0. The summed E-state index contributed by atoms with van der Waals surface area (Å²) >= 11 is -2.87. The molecular formula is C26H19IO3S. The Balaban J connectivity index is 1.75. The summed E-state index contributed by atoms with van der Waals surface area (Å²) < 4.78 is 34.6. The van der Waals surface area contributed by atoms with E-state index in [0.717, 1.165) is 28.7 Å². The molecule has 0 unspecified atom stereocenters. The molecule has 5 heteroatoms. The summed E-state index contributed by atoms with van der Waals surface area (Å²) in [5.74, 6) is 0. The predicted octanol–water partition coefficient (Wildman–Crippen LogP) is 6.86. The third-order valence-electron chi connectivity index (χ3n) is 5.02. The maximum absolute atomic E-state index is 13.3. The fourth-order valence-electron chi connectivity index (χ4n) is 3.56. The van der Waals surface area contributed by atoms with Gasteiger partial charge < -0.3 is 0 Å². The van der Waals surface area contributed by atoms with Crippen LogP contribution in [0.25, 0.3) is 21.5 Å². The predicted molar refractivity (Wildman–Crippen MR) is 134 cm³/mol. The summed E-state index contributed by atoms with van der Waals surface area (Å²) in [7, 11) is -3.92. The van der Waals surface area contributed by atoms with Gasteiger partial charge in [-0.25, -0.2) is 0 Å². The van der Waals surface area contributed by atoms with Crippen molar-refractivity contribution in [1.82, 2.24) is 0 Å². The Bertz CT molecular complexity index is 1390. The van der Waals surface area contributed by atoms with E-state index in [1.54, 1.807) is 30.3 Å². The van der Waals surface area contributed by atoms with E-state index in [1.807, 2.05) is 84.9 Å². The molecule has 0 aromatic heterocycles. The quantitative estimate of drug-likeness (QED) is 0.230. The summed E-state index contributed by atoms with van der Waals surface area (Å²) in [5.41, 5.74) is 0. The Labute approximate surface area is 189 Å². The van der Waals surface area contributed by atoms with Crippen LogP contribution in [0.1, 0.15) is 0 Å². The van der Waals surface area contributed by atoms with Gasteiger partial charge in [0.15, 0.2) is 0 Å². The van der Waals surface area contributed by atoms with Gasteiger partial charge in [0.25, 0.3) is 0 Å². The van der Waals surface area contributed by atoms with E-state index in [9.17, 15) is 8.42 Å².